The lowest BCUT2D eigenvalue weighted by atomic mass is 9.93. The van der Waals surface area contributed by atoms with E-state index in [1.165, 1.54) is 6.07 Å². The van der Waals surface area contributed by atoms with Gasteiger partial charge >= 0.3 is 0 Å². The molecule has 0 unspecified atom stereocenters. The Balaban J connectivity index is 1.48. The standard InChI is InChI=1S/C25H26FN7O/c1-15-5-7-18(19(26)13-15)25(10-11-25)23(34)27-16-6-8-20(17(14-16)22-28-31-32-29-22)33-12-9-21(30-33)24(2,3)4/h5-9,12-14H,10-11H2,1-4H3,(H,27,34)(H,28,29,31,32). The molecular weight excluding hydrogens is 433 g/mol. The summed E-state index contributed by atoms with van der Waals surface area (Å²) >= 11 is 0. The second kappa shape index (κ2) is 7.86. The zero-order valence-electron chi connectivity index (χ0n) is 19.6. The third-order valence-corrected chi connectivity index (χ3v) is 6.27. The Morgan fingerprint density at radius 1 is 1.15 bits per heavy atom. The first kappa shape index (κ1) is 21.9. The van der Waals surface area contributed by atoms with Gasteiger partial charge in [-0.2, -0.15) is 10.3 Å². The molecule has 1 aliphatic carbocycles. The highest BCUT2D eigenvalue weighted by Crippen LogP contribution is 2.50. The molecule has 1 saturated carbocycles. The van der Waals surface area contributed by atoms with E-state index >= 15 is 0 Å². The van der Waals surface area contributed by atoms with Crippen molar-refractivity contribution in [3.8, 4) is 17.1 Å². The van der Waals surface area contributed by atoms with Crippen molar-refractivity contribution in [2.75, 3.05) is 5.32 Å². The predicted octanol–water partition coefficient (Wildman–Crippen LogP) is 4.47. The van der Waals surface area contributed by atoms with Crippen molar-refractivity contribution in [2.45, 2.75) is 51.4 Å². The first-order valence-electron chi connectivity index (χ1n) is 11.2. The molecule has 2 heterocycles. The third kappa shape index (κ3) is 3.87. The molecule has 9 heteroatoms. The number of hydrogen-bond acceptors (Lipinski definition) is 5. The Hall–Kier alpha value is -3.88. The largest absolute Gasteiger partial charge is 0.325 e. The zero-order valence-corrected chi connectivity index (χ0v) is 19.6. The van der Waals surface area contributed by atoms with Crippen LogP contribution in [0.4, 0.5) is 10.1 Å². The summed E-state index contributed by atoms with van der Waals surface area (Å²) < 4.78 is 16.4. The number of tetrazole rings is 1. The fourth-order valence-corrected chi connectivity index (χ4v) is 4.13. The van der Waals surface area contributed by atoms with Crippen LogP contribution in [0.2, 0.25) is 0 Å². The second-order valence-electron chi connectivity index (χ2n) is 9.88. The van der Waals surface area contributed by atoms with Crippen molar-refractivity contribution in [1.29, 1.82) is 0 Å². The van der Waals surface area contributed by atoms with Gasteiger partial charge in [-0.15, -0.1) is 10.2 Å². The van der Waals surface area contributed by atoms with Crippen LogP contribution in [0.5, 0.6) is 0 Å². The minimum Gasteiger partial charge on any atom is -0.325 e. The quantitative estimate of drug-likeness (QED) is 0.459. The van der Waals surface area contributed by atoms with Gasteiger partial charge in [0.25, 0.3) is 0 Å². The van der Waals surface area contributed by atoms with Gasteiger partial charge in [0.15, 0.2) is 0 Å². The normalized spacial score (nSPS) is 14.7. The average Bonchev–Trinajstić information content (AvgIpc) is 3.18. The van der Waals surface area contributed by atoms with Gasteiger partial charge in [0.05, 0.1) is 22.4 Å². The van der Waals surface area contributed by atoms with Crippen LogP contribution in [0, 0.1) is 12.7 Å². The third-order valence-electron chi connectivity index (χ3n) is 6.27. The summed E-state index contributed by atoms with van der Waals surface area (Å²) in [5, 5.41) is 22.1. The van der Waals surface area contributed by atoms with E-state index < -0.39 is 5.41 Å². The lowest BCUT2D eigenvalue weighted by molar-refractivity contribution is -0.118. The number of aromatic amines is 1. The number of carbonyl (C=O) groups is 1. The number of aromatic nitrogens is 6. The van der Waals surface area contributed by atoms with Crippen molar-refractivity contribution in [3.63, 3.8) is 0 Å². The molecule has 1 aliphatic rings. The maximum absolute atomic E-state index is 14.6. The molecular formula is C25H26FN7O. The molecule has 0 atom stereocenters. The van der Waals surface area contributed by atoms with Crippen LogP contribution in [-0.2, 0) is 15.6 Å². The van der Waals surface area contributed by atoms with Crippen LogP contribution in [0.15, 0.2) is 48.7 Å². The maximum atomic E-state index is 14.6. The van der Waals surface area contributed by atoms with E-state index in [-0.39, 0.29) is 17.1 Å². The maximum Gasteiger partial charge on any atom is 0.235 e. The van der Waals surface area contributed by atoms with Gasteiger partial charge in [-0.25, -0.2) is 9.07 Å². The summed E-state index contributed by atoms with van der Waals surface area (Å²) in [6.07, 6.45) is 3.10. The van der Waals surface area contributed by atoms with Crippen molar-refractivity contribution in [3.05, 3.63) is 71.3 Å². The van der Waals surface area contributed by atoms with Crippen LogP contribution in [-0.4, -0.2) is 36.3 Å². The molecule has 2 N–H and O–H groups in total. The first-order chi connectivity index (χ1) is 16.2. The van der Waals surface area contributed by atoms with E-state index in [0.717, 1.165) is 16.9 Å². The molecule has 0 radical (unpaired) electrons. The summed E-state index contributed by atoms with van der Waals surface area (Å²) in [5.74, 6) is -0.190. The molecule has 174 valence electrons. The Labute approximate surface area is 196 Å². The topological polar surface area (TPSA) is 101 Å². The monoisotopic (exact) mass is 459 g/mol. The number of hydrogen-bond donors (Lipinski definition) is 2. The molecule has 2 aromatic heterocycles. The molecule has 2 aromatic carbocycles. The van der Waals surface area contributed by atoms with Gasteiger partial charge in [0.2, 0.25) is 11.7 Å². The minimum absolute atomic E-state index is 0.102. The Bertz CT molecular complexity index is 1360. The SMILES string of the molecule is Cc1ccc(C2(C(=O)Nc3ccc(-n4ccc(C(C)(C)C)n4)c(-c4nn[nH]n4)c3)CC2)c(F)c1. The van der Waals surface area contributed by atoms with Gasteiger partial charge in [0, 0.05) is 22.9 Å². The van der Waals surface area contributed by atoms with E-state index in [9.17, 15) is 9.18 Å². The van der Waals surface area contributed by atoms with E-state index in [1.54, 1.807) is 22.9 Å². The molecule has 8 nitrogen and oxygen atoms in total. The number of nitrogens with zero attached hydrogens (tertiary/aromatic N) is 5. The highest BCUT2D eigenvalue weighted by atomic mass is 19.1. The van der Waals surface area contributed by atoms with Gasteiger partial charge in [-0.05, 0) is 60.9 Å². The molecule has 5 rings (SSSR count). The number of carbonyl (C=O) groups excluding carboxylic acids is 1. The van der Waals surface area contributed by atoms with E-state index in [4.69, 9.17) is 5.10 Å². The van der Waals surface area contributed by atoms with E-state index in [2.05, 4.69) is 46.7 Å². The smallest absolute Gasteiger partial charge is 0.235 e. The number of rotatable bonds is 5. The van der Waals surface area contributed by atoms with Crippen molar-refractivity contribution in [2.24, 2.45) is 0 Å². The molecule has 0 aliphatic heterocycles. The highest BCUT2D eigenvalue weighted by molar-refractivity contribution is 6.02. The van der Waals surface area contributed by atoms with E-state index in [1.807, 2.05) is 31.3 Å². The number of H-pyrrole nitrogens is 1. The highest BCUT2D eigenvalue weighted by Gasteiger charge is 2.52. The fraction of sp³-hybridized carbons (Fsp3) is 0.320. The van der Waals surface area contributed by atoms with Crippen LogP contribution in [0.25, 0.3) is 17.1 Å². The molecule has 34 heavy (non-hydrogen) atoms. The number of benzene rings is 2. The summed E-state index contributed by atoms with van der Waals surface area (Å²) in [7, 11) is 0. The second-order valence-corrected chi connectivity index (χ2v) is 9.88. The van der Waals surface area contributed by atoms with Crippen LogP contribution >= 0.6 is 0 Å². The molecule has 1 amide bonds. The molecule has 0 bridgehead atoms. The van der Waals surface area contributed by atoms with Gasteiger partial charge < -0.3 is 5.32 Å². The fourth-order valence-electron chi connectivity index (χ4n) is 4.13. The van der Waals surface area contributed by atoms with Crippen LogP contribution < -0.4 is 5.32 Å². The lowest BCUT2D eigenvalue weighted by Gasteiger charge is -2.18. The first-order valence-corrected chi connectivity index (χ1v) is 11.2. The van der Waals surface area contributed by atoms with Crippen LogP contribution in [0.1, 0.15) is 50.4 Å². The predicted molar refractivity (Wildman–Crippen MR) is 126 cm³/mol. The average molecular weight is 460 g/mol. The van der Waals surface area contributed by atoms with Crippen molar-refractivity contribution >= 4 is 11.6 Å². The molecule has 0 saturated heterocycles. The van der Waals surface area contributed by atoms with E-state index in [0.29, 0.717) is 35.5 Å². The molecule has 4 aromatic rings. The Morgan fingerprint density at radius 3 is 2.56 bits per heavy atom. The summed E-state index contributed by atoms with van der Waals surface area (Å²) in [6.45, 7) is 8.13. The Morgan fingerprint density at radius 2 is 1.94 bits per heavy atom. The summed E-state index contributed by atoms with van der Waals surface area (Å²) in [5.41, 5.74) is 3.24. The number of amides is 1. The van der Waals surface area contributed by atoms with Gasteiger partial charge in [0.1, 0.15) is 5.82 Å². The zero-order chi connectivity index (χ0) is 24.1. The number of halogens is 1. The number of anilines is 1. The Kier molecular flexibility index (Phi) is 5.07. The van der Waals surface area contributed by atoms with Crippen molar-refractivity contribution < 1.29 is 9.18 Å². The van der Waals surface area contributed by atoms with Gasteiger partial charge in [-0.3, -0.25) is 4.79 Å². The summed E-state index contributed by atoms with van der Waals surface area (Å²) in [6, 6.07) is 12.5. The molecule has 1 fully saturated rings. The minimum atomic E-state index is -0.841. The summed E-state index contributed by atoms with van der Waals surface area (Å²) in [4.78, 5) is 13.3. The van der Waals surface area contributed by atoms with Crippen LogP contribution in [0.3, 0.4) is 0 Å². The number of nitrogens with one attached hydrogen (secondary N) is 2. The van der Waals surface area contributed by atoms with Gasteiger partial charge in [-0.1, -0.05) is 32.9 Å². The van der Waals surface area contributed by atoms with Crippen molar-refractivity contribution in [1.82, 2.24) is 30.4 Å². The molecule has 0 spiro atoms. The lowest BCUT2D eigenvalue weighted by Crippen LogP contribution is -2.28. The number of aryl methyl sites for hydroxylation is 1.